The Labute approximate surface area is 91.7 Å². The van der Waals surface area contributed by atoms with Crippen LogP contribution in [0.2, 0.25) is 0 Å². The normalized spacial score (nSPS) is 23.1. The number of carbonyl (C=O) groups excluding carboxylic acids is 1. The molecule has 1 aliphatic rings. The van der Waals surface area contributed by atoms with Gasteiger partial charge in [0.15, 0.2) is 0 Å². The molecule has 1 N–H and O–H groups in total. The summed E-state index contributed by atoms with van der Waals surface area (Å²) in [5.74, 6) is -1.91. The Bertz CT molecular complexity index is 245. The Morgan fingerprint density at radius 3 is 2.81 bits per heavy atom. The van der Waals surface area contributed by atoms with Crippen molar-refractivity contribution in [3.63, 3.8) is 0 Å². The van der Waals surface area contributed by atoms with E-state index < -0.39 is 12.1 Å². The van der Waals surface area contributed by atoms with Crippen molar-refractivity contribution in [2.75, 3.05) is 32.8 Å². The Morgan fingerprint density at radius 1 is 1.56 bits per heavy atom. The van der Waals surface area contributed by atoms with E-state index in [4.69, 9.17) is 4.74 Å². The summed E-state index contributed by atoms with van der Waals surface area (Å²) in [7, 11) is 0. The monoisotopic (exact) mass is 240 g/mol. The molecule has 0 saturated carbocycles. The lowest BCUT2D eigenvalue weighted by Gasteiger charge is -2.32. The second-order valence-corrected chi connectivity index (χ2v) is 3.59. The zero-order valence-electron chi connectivity index (χ0n) is 9.01. The fraction of sp³-hybridized carbons (Fsp3) is 0.889. The molecule has 0 aliphatic carbocycles. The van der Waals surface area contributed by atoms with Crippen LogP contribution in [0.5, 0.6) is 0 Å². The smallest absolute Gasteiger partial charge is 0.374 e. The highest BCUT2D eigenvalue weighted by Crippen LogP contribution is 2.14. The Kier molecular flexibility index (Phi) is 4.55. The molecule has 1 atom stereocenters. The summed E-state index contributed by atoms with van der Waals surface area (Å²) in [6.45, 7) is 4.51. The number of likely N-dealkylation sites (N-methyl/N-ethyl adjacent to an activating group) is 1. The molecular weight excluding hydrogens is 225 g/mol. The van der Waals surface area contributed by atoms with E-state index in [1.165, 1.54) is 0 Å². The van der Waals surface area contributed by atoms with Crippen LogP contribution < -0.4 is 5.32 Å². The number of morpholine rings is 1. The highest BCUT2D eigenvalue weighted by Gasteiger charge is 2.38. The number of alkyl halides is 3. The predicted octanol–water partition coefficient (Wildman–Crippen LogP) is 0.386. The average Bonchev–Trinajstić information content (AvgIpc) is 2.25. The number of amides is 1. The summed E-state index contributed by atoms with van der Waals surface area (Å²) in [6.07, 6.45) is -5.18. The highest BCUT2D eigenvalue weighted by atomic mass is 19.4. The van der Waals surface area contributed by atoms with Crippen molar-refractivity contribution < 1.29 is 22.7 Å². The van der Waals surface area contributed by atoms with Gasteiger partial charge in [-0.2, -0.15) is 13.2 Å². The summed E-state index contributed by atoms with van der Waals surface area (Å²) in [6, 6.07) is 0. The first-order chi connectivity index (χ1) is 7.43. The molecule has 1 fully saturated rings. The number of hydrogen-bond acceptors (Lipinski definition) is 3. The molecule has 16 heavy (non-hydrogen) atoms. The molecule has 94 valence electrons. The van der Waals surface area contributed by atoms with Crippen molar-refractivity contribution in [1.29, 1.82) is 0 Å². The molecule has 1 rings (SSSR count). The van der Waals surface area contributed by atoms with E-state index in [1.807, 2.05) is 12.2 Å². The van der Waals surface area contributed by atoms with Gasteiger partial charge >= 0.3 is 12.1 Å². The first-order valence-electron chi connectivity index (χ1n) is 5.12. The SMILES string of the molecule is CCN1CCOC(CNC(=O)C(F)(F)F)C1. The minimum atomic E-state index is -4.82. The molecule has 0 aromatic heterocycles. The molecule has 1 unspecified atom stereocenters. The van der Waals surface area contributed by atoms with Crippen molar-refractivity contribution in [2.24, 2.45) is 0 Å². The molecule has 0 spiro atoms. The van der Waals surface area contributed by atoms with Crippen molar-refractivity contribution in [3.05, 3.63) is 0 Å². The zero-order valence-corrected chi connectivity index (χ0v) is 9.01. The van der Waals surface area contributed by atoms with Crippen LogP contribution in [-0.2, 0) is 9.53 Å². The lowest BCUT2D eigenvalue weighted by Crippen LogP contribution is -2.49. The lowest BCUT2D eigenvalue weighted by atomic mass is 10.2. The lowest BCUT2D eigenvalue weighted by molar-refractivity contribution is -0.174. The van der Waals surface area contributed by atoms with Crippen LogP contribution in [0.3, 0.4) is 0 Å². The topological polar surface area (TPSA) is 41.6 Å². The molecule has 0 bridgehead atoms. The molecule has 7 heteroatoms. The van der Waals surface area contributed by atoms with E-state index in [-0.39, 0.29) is 12.6 Å². The molecule has 1 aliphatic heterocycles. The minimum absolute atomic E-state index is 0.102. The Morgan fingerprint density at radius 2 is 2.25 bits per heavy atom. The van der Waals surface area contributed by atoms with Gasteiger partial charge in [0.25, 0.3) is 0 Å². The molecule has 0 radical (unpaired) electrons. The van der Waals surface area contributed by atoms with E-state index in [0.29, 0.717) is 13.2 Å². The second-order valence-electron chi connectivity index (χ2n) is 3.59. The van der Waals surface area contributed by atoms with Gasteiger partial charge < -0.3 is 10.1 Å². The predicted molar refractivity (Wildman–Crippen MR) is 50.9 cm³/mol. The van der Waals surface area contributed by atoms with Crippen LogP contribution in [0.15, 0.2) is 0 Å². The fourth-order valence-corrected chi connectivity index (χ4v) is 1.50. The van der Waals surface area contributed by atoms with E-state index in [1.54, 1.807) is 0 Å². The number of carbonyl (C=O) groups is 1. The van der Waals surface area contributed by atoms with Gasteiger partial charge in [-0.25, -0.2) is 0 Å². The van der Waals surface area contributed by atoms with E-state index in [9.17, 15) is 18.0 Å². The van der Waals surface area contributed by atoms with Gasteiger partial charge in [0, 0.05) is 19.6 Å². The van der Waals surface area contributed by atoms with Crippen LogP contribution in [0, 0.1) is 0 Å². The van der Waals surface area contributed by atoms with Crippen molar-refractivity contribution in [2.45, 2.75) is 19.2 Å². The first kappa shape index (κ1) is 13.2. The Balaban J connectivity index is 2.30. The van der Waals surface area contributed by atoms with Crippen LogP contribution in [0.4, 0.5) is 13.2 Å². The third-order valence-electron chi connectivity index (χ3n) is 2.42. The van der Waals surface area contributed by atoms with Gasteiger partial charge in [-0.3, -0.25) is 9.69 Å². The van der Waals surface area contributed by atoms with Gasteiger partial charge in [0.2, 0.25) is 0 Å². The number of nitrogens with zero attached hydrogens (tertiary/aromatic N) is 1. The highest BCUT2D eigenvalue weighted by molar-refractivity contribution is 5.81. The minimum Gasteiger partial charge on any atom is -0.374 e. The van der Waals surface area contributed by atoms with Gasteiger partial charge in [-0.15, -0.1) is 0 Å². The summed E-state index contributed by atoms with van der Waals surface area (Å²) in [5, 5.41) is 1.82. The maximum atomic E-state index is 11.9. The molecule has 0 aromatic rings. The standard InChI is InChI=1S/C9H15F3N2O2/c1-2-14-3-4-16-7(6-14)5-13-8(15)9(10,11)12/h7H,2-6H2,1H3,(H,13,15). The first-order valence-corrected chi connectivity index (χ1v) is 5.12. The Hall–Kier alpha value is -0.820. The molecule has 1 heterocycles. The molecule has 0 aromatic carbocycles. The number of rotatable bonds is 3. The third-order valence-corrected chi connectivity index (χ3v) is 2.42. The number of nitrogens with one attached hydrogen (secondary N) is 1. The molecule has 1 saturated heterocycles. The maximum Gasteiger partial charge on any atom is 0.471 e. The average molecular weight is 240 g/mol. The molecule has 1 amide bonds. The summed E-state index contributed by atoms with van der Waals surface area (Å²) in [4.78, 5) is 12.6. The third kappa shape index (κ3) is 3.97. The number of hydrogen-bond donors (Lipinski definition) is 1. The molecular formula is C9H15F3N2O2. The van der Waals surface area contributed by atoms with Crippen molar-refractivity contribution >= 4 is 5.91 Å². The summed E-state index contributed by atoms with van der Waals surface area (Å²) < 4.78 is 40.9. The van der Waals surface area contributed by atoms with Gasteiger partial charge in [0.1, 0.15) is 0 Å². The van der Waals surface area contributed by atoms with Crippen molar-refractivity contribution in [3.8, 4) is 0 Å². The maximum absolute atomic E-state index is 11.9. The van der Waals surface area contributed by atoms with Crippen LogP contribution in [0.25, 0.3) is 0 Å². The van der Waals surface area contributed by atoms with E-state index in [2.05, 4.69) is 4.90 Å². The molecule has 4 nitrogen and oxygen atoms in total. The number of ether oxygens (including phenoxy) is 1. The van der Waals surface area contributed by atoms with Crippen LogP contribution in [0.1, 0.15) is 6.92 Å². The van der Waals surface area contributed by atoms with Crippen LogP contribution >= 0.6 is 0 Å². The van der Waals surface area contributed by atoms with E-state index >= 15 is 0 Å². The van der Waals surface area contributed by atoms with Crippen LogP contribution in [-0.4, -0.2) is 55.9 Å². The van der Waals surface area contributed by atoms with E-state index in [0.717, 1.165) is 13.1 Å². The zero-order chi connectivity index (χ0) is 12.2. The summed E-state index contributed by atoms with van der Waals surface area (Å²) in [5.41, 5.74) is 0. The van der Waals surface area contributed by atoms with Crippen molar-refractivity contribution in [1.82, 2.24) is 10.2 Å². The van der Waals surface area contributed by atoms with Gasteiger partial charge in [-0.05, 0) is 6.54 Å². The fourth-order valence-electron chi connectivity index (χ4n) is 1.50. The van der Waals surface area contributed by atoms with Gasteiger partial charge in [0.05, 0.1) is 12.7 Å². The largest absolute Gasteiger partial charge is 0.471 e. The second kappa shape index (κ2) is 5.49. The number of halogens is 3. The summed E-state index contributed by atoms with van der Waals surface area (Å²) >= 11 is 0. The quantitative estimate of drug-likeness (QED) is 0.775. The van der Waals surface area contributed by atoms with Gasteiger partial charge in [-0.1, -0.05) is 6.92 Å².